The third-order valence-corrected chi connectivity index (χ3v) is 1.59. The number of amides is 1. The fraction of sp³-hybridized carbons (Fsp3) is 0.222. The highest BCUT2D eigenvalue weighted by atomic mass is 19.3. The van der Waals surface area contributed by atoms with Crippen molar-refractivity contribution in [2.45, 2.75) is 6.43 Å². The number of hydrogen-bond donors (Lipinski definition) is 1. The number of carbonyl (C=O) groups is 1. The summed E-state index contributed by atoms with van der Waals surface area (Å²) in [5.74, 6) is -2.91. The number of hydrogen-bond acceptors (Lipinski definition) is 1. The molecule has 1 aromatic carbocycles. The van der Waals surface area contributed by atoms with Crippen LogP contribution in [0.5, 0.6) is 0 Å². The fourth-order valence-corrected chi connectivity index (χ4v) is 0.939. The summed E-state index contributed by atoms with van der Waals surface area (Å²) in [6, 6.07) is 2.28. The van der Waals surface area contributed by atoms with Crippen molar-refractivity contribution in [2.24, 2.45) is 0 Å². The molecule has 0 aliphatic heterocycles. The lowest BCUT2D eigenvalue weighted by Gasteiger charge is -2.04. The van der Waals surface area contributed by atoms with Gasteiger partial charge in [-0.15, -0.1) is 0 Å². The second-order valence-electron chi connectivity index (χ2n) is 2.73. The van der Waals surface area contributed by atoms with Gasteiger partial charge in [0.05, 0.1) is 12.1 Å². The van der Waals surface area contributed by atoms with Crippen LogP contribution in [0, 0.1) is 11.6 Å². The van der Waals surface area contributed by atoms with Crippen molar-refractivity contribution < 1.29 is 22.4 Å². The molecule has 0 fully saturated rings. The van der Waals surface area contributed by atoms with E-state index >= 15 is 0 Å². The van der Waals surface area contributed by atoms with Crippen molar-refractivity contribution in [1.29, 1.82) is 0 Å². The topological polar surface area (TPSA) is 29.1 Å². The van der Waals surface area contributed by atoms with Crippen molar-refractivity contribution in [3.05, 3.63) is 35.4 Å². The Kier molecular flexibility index (Phi) is 3.65. The maximum atomic E-state index is 12.9. The Bertz CT molecular complexity index is 367. The molecule has 1 amide bonds. The van der Waals surface area contributed by atoms with Crippen molar-refractivity contribution >= 4 is 5.91 Å². The van der Waals surface area contributed by atoms with E-state index in [1.165, 1.54) is 0 Å². The Morgan fingerprint density at radius 1 is 1.33 bits per heavy atom. The molecule has 15 heavy (non-hydrogen) atoms. The zero-order valence-electron chi connectivity index (χ0n) is 7.44. The summed E-state index contributed by atoms with van der Waals surface area (Å²) < 4.78 is 48.8. The van der Waals surface area contributed by atoms with E-state index in [0.717, 1.165) is 12.1 Å². The van der Waals surface area contributed by atoms with Crippen LogP contribution in [0.3, 0.4) is 0 Å². The standard InChI is InChI=1S/C9H7F4NO/c10-5-1-2-6(7(11)3-5)9(15)14-4-8(12)13/h1-3,8H,4H2,(H,14,15). The third kappa shape index (κ3) is 3.23. The number of halogens is 4. The molecule has 1 rings (SSSR count). The van der Waals surface area contributed by atoms with Crippen molar-refractivity contribution in [3.8, 4) is 0 Å². The van der Waals surface area contributed by atoms with Crippen molar-refractivity contribution in [3.63, 3.8) is 0 Å². The number of rotatable bonds is 3. The van der Waals surface area contributed by atoms with Crippen LogP contribution in [0.2, 0.25) is 0 Å². The molecule has 0 radical (unpaired) electrons. The van der Waals surface area contributed by atoms with Gasteiger partial charge < -0.3 is 5.32 Å². The van der Waals surface area contributed by atoms with Gasteiger partial charge in [0, 0.05) is 6.07 Å². The first-order chi connectivity index (χ1) is 7.00. The van der Waals surface area contributed by atoms with Gasteiger partial charge >= 0.3 is 0 Å². The van der Waals surface area contributed by atoms with E-state index in [1.807, 2.05) is 5.32 Å². The summed E-state index contributed by atoms with van der Waals surface area (Å²) in [7, 11) is 0. The third-order valence-electron chi connectivity index (χ3n) is 1.59. The minimum atomic E-state index is -2.71. The Hall–Kier alpha value is -1.59. The molecule has 2 nitrogen and oxygen atoms in total. The van der Waals surface area contributed by atoms with Gasteiger partial charge in [-0.1, -0.05) is 0 Å². The molecular formula is C9H7F4NO. The Balaban J connectivity index is 2.74. The molecule has 0 saturated carbocycles. The fourth-order valence-electron chi connectivity index (χ4n) is 0.939. The first-order valence-corrected chi connectivity index (χ1v) is 4.02. The smallest absolute Gasteiger partial charge is 0.255 e. The summed E-state index contributed by atoms with van der Waals surface area (Å²) in [6.07, 6.45) is -2.71. The number of benzene rings is 1. The SMILES string of the molecule is O=C(NCC(F)F)c1ccc(F)cc1F. The summed E-state index contributed by atoms with van der Waals surface area (Å²) in [6.45, 7) is -0.865. The van der Waals surface area contributed by atoms with Gasteiger partial charge in [-0.25, -0.2) is 17.6 Å². The zero-order chi connectivity index (χ0) is 11.4. The lowest BCUT2D eigenvalue weighted by Crippen LogP contribution is -2.29. The van der Waals surface area contributed by atoms with E-state index in [2.05, 4.69) is 0 Å². The van der Waals surface area contributed by atoms with Crippen LogP contribution >= 0.6 is 0 Å². The van der Waals surface area contributed by atoms with E-state index in [-0.39, 0.29) is 0 Å². The highest BCUT2D eigenvalue weighted by Crippen LogP contribution is 2.09. The minimum absolute atomic E-state index is 0.461. The number of nitrogens with one attached hydrogen (secondary N) is 1. The molecule has 0 atom stereocenters. The number of carbonyl (C=O) groups excluding carboxylic acids is 1. The molecule has 1 aromatic rings. The average molecular weight is 221 g/mol. The van der Waals surface area contributed by atoms with E-state index in [1.54, 1.807) is 0 Å². The van der Waals surface area contributed by atoms with E-state index in [9.17, 15) is 22.4 Å². The summed E-state index contributed by atoms with van der Waals surface area (Å²) in [5.41, 5.74) is -0.461. The van der Waals surface area contributed by atoms with Crippen LogP contribution in [-0.4, -0.2) is 18.9 Å². The van der Waals surface area contributed by atoms with E-state index in [0.29, 0.717) is 6.07 Å². The summed E-state index contributed by atoms with van der Waals surface area (Å²) in [4.78, 5) is 11.1. The van der Waals surface area contributed by atoms with Crippen LogP contribution in [0.15, 0.2) is 18.2 Å². The largest absolute Gasteiger partial charge is 0.346 e. The molecule has 82 valence electrons. The highest BCUT2D eigenvalue weighted by Gasteiger charge is 2.13. The molecule has 0 aliphatic carbocycles. The van der Waals surface area contributed by atoms with Gasteiger partial charge in [-0.3, -0.25) is 4.79 Å². The van der Waals surface area contributed by atoms with Crippen molar-refractivity contribution in [2.75, 3.05) is 6.54 Å². The Morgan fingerprint density at radius 3 is 2.53 bits per heavy atom. The van der Waals surface area contributed by atoms with Gasteiger partial charge in [0.2, 0.25) is 0 Å². The predicted molar refractivity (Wildman–Crippen MR) is 44.7 cm³/mol. The molecule has 6 heteroatoms. The molecule has 0 aliphatic rings. The normalized spacial score (nSPS) is 10.5. The second-order valence-corrected chi connectivity index (χ2v) is 2.73. The Labute approximate surface area is 82.9 Å². The van der Waals surface area contributed by atoms with Gasteiger partial charge in [0.1, 0.15) is 11.6 Å². The van der Waals surface area contributed by atoms with Crippen LogP contribution in [-0.2, 0) is 0 Å². The quantitative estimate of drug-likeness (QED) is 0.776. The van der Waals surface area contributed by atoms with Crippen LogP contribution in [0.4, 0.5) is 17.6 Å². The Morgan fingerprint density at radius 2 is 2.00 bits per heavy atom. The molecule has 0 heterocycles. The monoisotopic (exact) mass is 221 g/mol. The van der Waals surface area contributed by atoms with Gasteiger partial charge in [0.15, 0.2) is 0 Å². The first kappa shape index (κ1) is 11.5. The molecule has 0 spiro atoms. The number of alkyl halides is 2. The molecule has 0 aromatic heterocycles. The lowest BCUT2D eigenvalue weighted by molar-refractivity contribution is 0.0887. The predicted octanol–water partition coefficient (Wildman–Crippen LogP) is 1.96. The first-order valence-electron chi connectivity index (χ1n) is 4.02. The van der Waals surface area contributed by atoms with E-state index in [4.69, 9.17) is 0 Å². The van der Waals surface area contributed by atoms with Crippen LogP contribution in [0.1, 0.15) is 10.4 Å². The molecule has 0 unspecified atom stereocenters. The van der Waals surface area contributed by atoms with Gasteiger partial charge in [0.25, 0.3) is 12.3 Å². The molecular weight excluding hydrogens is 214 g/mol. The van der Waals surface area contributed by atoms with Gasteiger partial charge in [-0.2, -0.15) is 0 Å². The molecule has 1 N–H and O–H groups in total. The maximum absolute atomic E-state index is 12.9. The summed E-state index contributed by atoms with van der Waals surface area (Å²) in [5, 5.41) is 1.81. The highest BCUT2D eigenvalue weighted by molar-refractivity contribution is 5.94. The van der Waals surface area contributed by atoms with Crippen LogP contribution in [0.25, 0.3) is 0 Å². The lowest BCUT2D eigenvalue weighted by atomic mass is 10.2. The maximum Gasteiger partial charge on any atom is 0.255 e. The second kappa shape index (κ2) is 4.77. The zero-order valence-corrected chi connectivity index (χ0v) is 7.44. The van der Waals surface area contributed by atoms with E-state index < -0.39 is 36.1 Å². The van der Waals surface area contributed by atoms with Crippen molar-refractivity contribution in [1.82, 2.24) is 5.32 Å². The van der Waals surface area contributed by atoms with Crippen LogP contribution < -0.4 is 5.32 Å². The molecule has 0 bridgehead atoms. The average Bonchev–Trinajstić information content (AvgIpc) is 2.14. The molecule has 0 saturated heterocycles. The summed E-state index contributed by atoms with van der Waals surface area (Å²) >= 11 is 0. The minimum Gasteiger partial charge on any atom is -0.346 e. The van der Waals surface area contributed by atoms with Gasteiger partial charge in [-0.05, 0) is 12.1 Å².